The lowest BCUT2D eigenvalue weighted by atomic mass is 10.2. The van der Waals surface area contributed by atoms with Gasteiger partial charge in [-0.1, -0.05) is 18.2 Å². The van der Waals surface area contributed by atoms with Crippen LogP contribution in [-0.2, 0) is 6.54 Å². The molecule has 27 heavy (non-hydrogen) atoms. The lowest BCUT2D eigenvalue weighted by molar-refractivity contribution is -0.274. The molecule has 6 nitrogen and oxygen atoms in total. The number of halogens is 3. The summed E-state index contributed by atoms with van der Waals surface area (Å²) in [5.41, 5.74) is 0.368. The van der Waals surface area contributed by atoms with Gasteiger partial charge in [0.05, 0.1) is 12.3 Å². The van der Waals surface area contributed by atoms with Gasteiger partial charge in [0.2, 0.25) is 0 Å². The van der Waals surface area contributed by atoms with Gasteiger partial charge in [0.15, 0.2) is 5.96 Å². The Morgan fingerprint density at radius 3 is 2.52 bits per heavy atom. The van der Waals surface area contributed by atoms with E-state index in [9.17, 15) is 13.2 Å². The molecule has 0 spiro atoms. The summed E-state index contributed by atoms with van der Waals surface area (Å²) in [5, 5.41) is 6.15. The van der Waals surface area contributed by atoms with Crippen LogP contribution in [0.5, 0.6) is 5.75 Å². The van der Waals surface area contributed by atoms with Crippen molar-refractivity contribution < 1.29 is 22.3 Å². The molecule has 0 aliphatic heterocycles. The van der Waals surface area contributed by atoms with E-state index in [1.807, 2.05) is 31.1 Å². The van der Waals surface area contributed by atoms with E-state index in [2.05, 4.69) is 20.4 Å². The average molecular weight is 384 g/mol. The number of hydrogen-bond donors (Lipinski definition) is 2. The predicted molar refractivity (Wildman–Crippen MR) is 96.5 cm³/mol. The number of ether oxygens (including phenoxy) is 1. The summed E-state index contributed by atoms with van der Waals surface area (Å²) < 4.78 is 47.0. The number of guanidine groups is 1. The van der Waals surface area contributed by atoms with Crippen molar-refractivity contribution in [2.45, 2.75) is 18.9 Å². The Balaban J connectivity index is 1.96. The summed E-state index contributed by atoms with van der Waals surface area (Å²) in [6.45, 7) is 0.625. The lowest BCUT2D eigenvalue weighted by Gasteiger charge is -2.24. The number of nitrogens with zero attached hydrogens (tertiary/aromatic N) is 2. The molecule has 9 heteroatoms. The molecule has 1 unspecified atom stereocenters. The smallest absolute Gasteiger partial charge is 0.468 e. The maximum atomic E-state index is 12.5. The fourth-order valence-corrected chi connectivity index (χ4v) is 2.49. The maximum absolute atomic E-state index is 12.5. The lowest BCUT2D eigenvalue weighted by Crippen LogP contribution is -2.41. The first kappa shape index (κ1) is 20.6. The van der Waals surface area contributed by atoms with Crippen molar-refractivity contribution in [3.63, 3.8) is 0 Å². The van der Waals surface area contributed by atoms with Crippen molar-refractivity contribution in [3.05, 3.63) is 54.0 Å². The average Bonchev–Trinajstić information content (AvgIpc) is 3.11. The van der Waals surface area contributed by atoms with Crippen LogP contribution in [0, 0.1) is 0 Å². The predicted octanol–water partition coefficient (Wildman–Crippen LogP) is 3.15. The largest absolute Gasteiger partial charge is 0.573 e. The first-order chi connectivity index (χ1) is 12.8. The quantitative estimate of drug-likeness (QED) is 0.567. The minimum absolute atomic E-state index is 0.0283. The standard InChI is InChI=1S/C18H23F3N4O2/c1-22-17(24-12-14(25(2)3)16-9-6-10-26-16)23-11-13-7-4-5-8-15(13)27-18(19,20)21/h4-10,14H,11-12H2,1-3H3,(H2,22,23,24). The van der Waals surface area contributed by atoms with Gasteiger partial charge < -0.3 is 19.8 Å². The number of benzene rings is 1. The van der Waals surface area contributed by atoms with Gasteiger partial charge in [0.1, 0.15) is 11.5 Å². The zero-order valence-corrected chi connectivity index (χ0v) is 15.4. The van der Waals surface area contributed by atoms with Crippen LogP contribution in [0.15, 0.2) is 52.1 Å². The molecule has 2 rings (SSSR count). The Hall–Kier alpha value is -2.68. The van der Waals surface area contributed by atoms with Crippen LogP contribution in [0.4, 0.5) is 13.2 Å². The van der Waals surface area contributed by atoms with Crippen molar-refractivity contribution in [1.82, 2.24) is 15.5 Å². The molecular formula is C18H23F3N4O2. The molecule has 1 heterocycles. The van der Waals surface area contributed by atoms with Crippen LogP contribution < -0.4 is 15.4 Å². The summed E-state index contributed by atoms with van der Waals surface area (Å²) in [5.74, 6) is 1.01. The van der Waals surface area contributed by atoms with E-state index in [1.165, 1.54) is 12.1 Å². The Labute approximate surface area is 156 Å². The second-order valence-electron chi connectivity index (χ2n) is 5.96. The Morgan fingerprint density at radius 2 is 1.93 bits per heavy atom. The second kappa shape index (κ2) is 9.31. The zero-order valence-electron chi connectivity index (χ0n) is 15.4. The van der Waals surface area contributed by atoms with Gasteiger partial charge in [-0.15, -0.1) is 13.2 Å². The molecule has 0 radical (unpaired) electrons. The van der Waals surface area contributed by atoms with Crippen LogP contribution >= 0.6 is 0 Å². The normalized spacial score (nSPS) is 13.5. The highest BCUT2D eigenvalue weighted by atomic mass is 19.4. The Bertz CT molecular complexity index is 730. The molecule has 0 fully saturated rings. The van der Waals surface area contributed by atoms with Crippen LogP contribution in [0.3, 0.4) is 0 Å². The van der Waals surface area contributed by atoms with E-state index < -0.39 is 6.36 Å². The van der Waals surface area contributed by atoms with Crippen LogP contribution in [0.1, 0.15) is 17.4 Å². The van der Waals surface area contributed by atoms with E-state index in [0.717, 1.165) is 5.76 Å². The van der Waals surface area contributed by atoms with E-state index >= 15 is 0 Å². The van der Waals surface area contributed by atoms with Crippen molar-refractivity contribution in [1.29, 1.82) is 0 Å². The Kier molecular flexibility index (Phi) is 7.12. The third kappa shape index (κ3) is 6.52. The molecular weight excluding hydrogens is 361 g/mol. The van der Waals surface area contributed by atoms with Crippen LogP contribution in [0.25, 0.3) is 0 Å². The van der Waals surface area contributed by atoms with Crippen LogP contribution in [0.2, 0.25) is 0 Å². The molecule has 1 atom stereocenters. The van der Waals surface area contributed by atoms with Crippen LogP contribution in [-0.4, -0.2) is 44.9 Å². The molecule has 2 aromatic rings. The number of likely N-dealkylation sites (N-methyl/N-ethyl adjacent to an activating group) is 1. The fraction of sp³-hybridized carbons (Fsp3) is 0.389. The molecule has 0 amide bonds. The van der Waals surface area contributed by atoms with Gasteiger partial charge in [-0.3, -0.25) is 9.89 Å². The van der Waals surface area contributed by atoms with Crippen molar-refractivity contribution in [3.8, 4) is 5.75 Å². The first-order valence-electron chi connectivity index (χ1n) is 8.28. The number of nitrogens with one attached hydrogen (secondary N) is 2. The highest BCUT2D eigenvalue weighted by Crippen LogP contribution is 2.26. The number of rotatable bonds is 7. The van der Waals surface area contributed by atoms with E-state index in [1.54, 1.807) is 25.4 Å². The number of hydrogen-bond acceptors (Lipinski definition) is 4. The van der Waals surface area contributed by atoms with Gasteiger partial charge in [-0.05, 0) is 32.3 Å². The summed E-state index contributed by atoms with van der Waals surface area (Å²) in [6.07, 6.45) is -3.13. The molecule has 1 aromatic heterocycles. The molecule has 0 aliphatic rings. The van der Waals surface area contributed by atoms with Gasteiger partial charge in [-0.2, -0.15) is 0 Å². The molecule has 0 saturated heterocycles. The van der Waals surface area contributed by atoms with E-state index in [4.69, 9.17) is 4.42 Å². The molecule has 0 aliphatic carbocycles. The monoisotopic (exact) mass is 384 g/mol. The molecule has 1 aromatic carbocycles. The number of aliphatic imine (C=N–C) groups is 1. The van der Waals surface area contributed by atoms with E-state index in [-0.39, 0.29) is 18.3 Å². The molecule has 0 saturated carbocycles. The number of furan rings is 1. The van der Waals surface area contributed by atoms with Crippen molar-refractivity contribution >= 4 is 5.96 Å². The molecule has 148 valence electrons. The van der Waals surface area contributed by atoms with E-state index in [0.29, 0.717) is 18.1 Å². The second-order valence-corrected chi connectivity index (χ2v) is 5.96. The minimum Gasteiger partial charge on any atom is -0.468 e. The van der Waals surface area contributed by atoms with Gasteiger partial charge in [-0.25, -0.2) is 0 Å². The number of para-hydroxylation sites is 1. The van der Waals surface area contributed by atoms with Crippen molar-refractivity contribution in [2.24, 2.45) is 4.99 Å². The molecule has 0 bridgehead atoms. The summed E-state index contributed by atoms with van der Waals surface area (Å²) in [4.78, 5) is 6.09. The third-order valence-electron chi connectivity index (χ3n) is 3.83. The fourth-order valence-electron chi connectivity index (χ4n) is 2.49. The zero-order chi connectivity index (χ0) is 19.9. The minimum atomic E-state index is -4.74. The van der Waals surface area contributed by atoms with Gasteiger partial charge in [0.25, 0.3) is 0 Å². The van der Waals surface area contributed by atoms with Gasteiger partial charge >= 0.3 is 6.36 Å². The highest BCUT2D eigenvalue weighted by Gasteiger charge is 2.32. The maximum Gasteiger partial charge on any atom is 0.573 e. The first-order valence-corrected chi connectivity index (χ1v) is 8.28. The summed E-state index contributed by atoms with van der Waals surface area (Å²) >= 11 is 0. The van der Waals surface area contributed by atoms with Gasteiger partial charge in [0, 0.05) is 25.7 Å². The highest BCUT2D eigenvalue weighted by molar-refractivity contribution is 5.79. The topological polar surface area (TPSA) is 62.0 Å². The third-order valence-corrected chi connectivity index (χ3v) is 3.83. The SMILES string of the molecule is CN=C(NCc1ccccc1OC(F)(F)F)NCC(c1ccco1)N(C)C. The summed E-state index contributed by atoms with van der Waals surface area (Å²) in [7, 11) is 5.44. The number of alkyl halides is 3. The Morgan fingerprint density at radius 1 is 1.19 bits per heavy atom. The molecule has 2 N–H and O–H groups in total. The summed E-state index contributed by atoms with van der Waals surface area (Å²) in [6, 6.07) is 9.65. The van der Waals surface area contributed by atoms with Crippen molar-refractivity contribution in [2.75, 3.05) is 27.7 Å².